The SMILES string of the molecule is CC(=O)C1CC2CCCCC2N1I. The second-order valence-corrected chi connectivity index (χ2v) is 5.43. The van der Waals surface area contributed by atoms with Gasteiger partial charge < -0.3 is 0 Å². The number of carbonyl (C=O) groups excluding carboxylic acids is 1. The monoisotopic (exact) mass is 293 g/mol. The van der Waals surface area contributed by atoms with E-state index in [-0.39, 0.29) is 6.04 Å². The van der Waals surface area contributed by atoms with Crippen molar-refractivity contribution in [3.05, 3.63) is 0 Å². The number of ketones is 1. The van der Waals surface area contributed by atoms with E-state index in [1.165, 1.54) is 25.7 Å². The molecule has 0 amide bonds. The molecule has 2 rings (SSSR count). The molecule has 1 saturated heterocycles. The third-order valence-corrected chi connectivity index (χ3v) is 4.87. The maximum absolute atomic E-state index is 11.4. The van der Waals surface area contributed by atoms with Gasteiger partial charge in [0.1, 0.15) is 5.78 Å². The molecular formula is C10H16INO. The predicted molar refractivity (Wildman–Crippen MR) is 60.7 cm³/mol. The minimum Gasteiger partial charge on any atom is -0.298 e. The van der Waals surface area contributed by atoms with Gasteiger partial charge in [-0.3, -0.25) is 4.79 Å². The Balaban J connectivity index is 2.09. The molecule has 1 saturated carbocycles. The average Bonchev–Trinajstić information content (AvgIpc) is 2.45. The van der Waals surface area contributed by atoms with Gasteiger partial charge in [-0.25, -0.2) is 3.11 Å². The molecule has 3 unspecified atom stereocenters. The molecule has 74 valence electrons. The summed E-state index contributed by atoms with van der Waals surface area (Å²) in [6.07, 6.45) is 6.48. The van der Waals surface area contributed by atoms with Crippen LogP contribution in [-0.2, 0) is 4.79 Å². The molecule has 2 aliphatic rings. The Hall–Kier alpha value is 0.360. The minimum absolute atomic E-state index is 0.216. The number of carbonyl (C=O) groups is 1. The van der Waals surface area contributed by atoms with E-state index in [0.717, 1.165) is 12.3 Å². The number of Topliss-reactive ketones (excluding diaryl/α,β-unsaturated/α-hetero) is 1. The standard InChI is InChI=1S/C10H16INO/c1-7(13)10-6-8-4-2-3-5-9(8)12(10)11/h8-10H,2-6H2,1H3. The highest BCUT2D eigenvalue weighted by Gasteiger charge is 2.42. The third-order valence-electron chi connectivity index (χ3n) is 3.48. The lowest BCUT2D eigenvalue weighted by molar-refractivity contribution is -0.119. The highest BCUT2D eigenvalue weighted by atomic mass is 127. The van der Waals surface area contributed by atoms with Crippen LogP contribution in [0.4, 0.5) is 0 Å². The third kappa shape index (κ3) is 1.77. The van der Waals surface area contributed by atoms with Gasteiger partial charge in [0.2, 0.25) is 0 Å². The van der Waals surface area contributed by atoms with Gasteiger partial charge in [-0.1, -0.05) is 12.8 Å². The maximum atomic E-state index is 11.4. The lowest BCUT2D eigenvalue weighted by Gasteiger charge is -2.28. The molecule has 0 radical (unpaired) electrons. The van der Waals surface area contributed by atoms with Gasteiger partial charge in [0.05, 0.1) is 6.04 Å². The van der Waals surface area contributed by atoms with E-state index in [0.29, 0.717) is 11.8 Å². The normalized spacial score (nSPS) is 40.3. The molecular weight excluding hydrogens is 277 g/mol. The van der Waals surface area contributed by atoms with E-state index in [1.54, 1.807) is 6.92 Å². The van der Waals surface area contributed by atoms with Gasteiger partial charge in [0.15, 0.2) is 0 Å². The van der Waals surface area contributed by atoms with Crippen LogP contribution in [0.25, 0.3) is 0 Å². The summed E-state index contributed by atoms with van der Waals surface area (Å²) in [4.78, 5) is 11.4. The second-order valence-electron chi connectivity index (χ2n) is 4.32. The van der Waals surface area contributed by atoms with Crippen molar-refractivity contribution in [1.29, 1.82) is 0 Å². The lowest BCUT2D eigenvalue weighted by atomic mass is 9.85. The maximum Gasteiger partial charge on any atom is 0.147 e. The molecule has 2 fully saturated rings. The van der Waals surface area contributed by atoms with Crippen LogP contribution in [0.3, 0.4) is 0 Å². The fourth-order valence-electron chi connectivity index (χ4n) is 2.75. The van der Waals surface area contributed by atoms with E-state index in [4.69, 9.17) is 0 Å². The quantitative estimate of drug-likeness (QED) is 0.547. The fraction of sp³-hybridized carbons (Fsp3) is 0.900. The number of halogens is 1. The van der Waals surface area contributed by atoms with E-state index < -0.39 is 0 Å². The molecule has 2 nitrogen and oxygen atoms in total. The van der Waals surface area contributed by atoms with Crippen molar-refractivity contribution in [2.45, 2.75) is 51.1 Å². The fourth-order valence-corrected chi connectivity index (χ4v) is 4.10. The van der Waals surface area contributed by atoms with Gasteiger partial charge in [-0.2, -0.15) is 0 Å². The van der Waals surface area contributed by atoms with Crippen molar-refractivity contribution in [1.82, 2.24) is 3.11 Å². The Labute approximate surface area is 93.6 Å². The van der Waals surface area contributed by atoms with Crippen molar-refractivity contribution >= 4 is 28.6 Å². The Morgan fingerprint density at radius 2 is 2.08 bits per heavy atom. The summed E-state index contributed by atoms with van der Waals surface area (Å²) in [6.45, 7) is 1.73. The van der Waals surface area contributed by atoms with Crippen molar-refractivity contribution in [2.24, 2.45) is 5.92 Å². The largest absolute Gasteiger partial charge is 0.298 e. The zero-order valence-corrected chi connectivity index (χ0v) is 10.2. The van der Waals surface area contributed by atoms with Gasteiger partial charge in [-0.15, -0.1) is 0 Å². The van der Waals surface area contributed by atoms with Crippen LogP contribution in [0.2, 0.25) is 0 Å². The first-order chi connectivity index (χ1) is 6.20. The molecule has 1 heterocycles. The van der Waals surface area contributed by atoms with Crippen LogP contribution >= 0.6 is 22.9 Å². The van der Waals surface area contributed by atoms with Crippen molar-refractivity contribution in [2.75, 3.05) is 0 Å². The van der Waals surface area contributed by atoms with Crippen LogP contribution in [0, 0.1) is 5.92 Å². The topological polar surface area (TPSA) is 20.3 Å². The number of rotatable bonds is 1. The van der Waals surface area contributed by atoms with E-state index in [9.17, 15) is 4.79 Å². The number of fused-ring (bicyclic) bond motifs is 1. The Kier molecular flexibility index (Phi) is 2.93. The Bertz CT molecular complexity index is 219. The second kappa shape index (κ2) is 3.85. The zero-order chi connectivity index (χ0) is 9.42. The summed E-state index contributed by atoms with van der Waals surface area (Å²) in [6, 6.07) is 0.914. The zero-order valence-electron chi connectivity index (χ0n) is 8.00. The predicted octanol–water partition coefficient (Wildman–Crippen LogP) is 2.56. The molecule has 3 atom stereocenters. The molecule has 1 aliphatic carbocycles. The highest BCUT2D eigenvalue weighted by Crippen LogP contribution is 2.41. The highest BCUT2D eigenvalue weighted by molar-refractivity contribution is 14.1. The van der Waals surface area contributed by atoms with Gasteiger partial charge in [0, 0.05) is 28.9 Å². The lowest BCUT2D eigenvalue weighted by Crippen LogP contribution is -2.33. The molecule has 13 heavy (non-hydrogen) atoms. The number of hydrogen-bond acceptors (Lipinski definition) is 2. The Morgan fingerprint density at radius 1 is 1.38 bits per heavy atom. The van der Waals surface area contributed by atoms with Crippen LogP contribution < -0.4 is 0 Å². The van der Waals surface area contributed by atoms with Crippen LogP contribution in [-0.4, -0.2) is 21.0 Å². The van der Waals surface area contributed by atoms with Crippen LogP contribution in [0.5, 0.6) is 0 Å². The molecule has 3 heteroatoms. The first-order valence-corrected chi connectivity index (χ1v) is 6.11. The molecule has 0 N–H and O–H groups in total. The first kappa shape index (κ1) is 9.90. The van der Waals surface area contributed by atoms with Gasteiger partial charge in [-0.05, 0) is 32.1 Å². The Morgan fingerprint density at radius 3 is 2.69 bits per heavy atom. The average molecular weight is 293 g/mol. The summed E-state index contributed by atoms with van der Waals surface area (Å²) in [5.41, 5.74) is 0. The van der Waals surface area contributed by atoms with Crippen LogP contribution in [0.15, 0.2) is 0 Å². The van der Waals surface area contributed by atoms with E-state index in [1.807, 2.05) is 0 Å². The summed E-state index contributed by atoms with van der Waals surface area (Å²) in [5, 5.41) is 0. The smallest absolute Gasteiger partial charge is 0.147 e. The van der Waals surface area contributed by atoms with Crippen LogP contribution in [0.1, 0.15) is 39.0 Å². The summed E-state index contributed by atoms with van der Waals surface area (Å²) < 4.78 is 2.30. The summed E-state index contributed by atoms with van der Waals surface area (Å²) >= 11 is 2.36. The van der Waals surface area contributed by atoms with Gasteiger partial charge >= 0.3 is 0 Å². The summed E-state index contributed by atoms with van der Waals surface area (Å²) in [5.74, 6) is 1.16. The van der Waals surface area contributed by atoms with Crippen molar-refractivity contribution < 1.29 is 4.79 Å². The van der Waals surface area contributed by atoms with Gasteiger partial charge in [0.25, 0.3) is 0 Å². The first-order valence-electron chi connectivity index (χ1n) is 5.14. The molecule has 0 spiro atoms. The number of nitrogens with zero attached hydrogens (tertiary/aromatic N) is 1. The minimum atomic E-state index is 0.216. The van der Waals surface area contributed by atoms with Crippen molar-refractivity contribution in [3.8, 4) is 0 Å². The molecule has 0 bridgehead atoms. The van der Waals surface area contributed by atoms with E-state index in [2.05, 4.69) is 26.0 Å². The van der Waals surface area contributed by atoms with E-state index >= 15 is 0 Å². The summed E-state index contributed by atoms with van der Waals surface area (Å²) in [7, 11) is 0. The molecule has 1 aliphatic heterocycles. The van der Waals surface area contributed by atoms with Crippen molar-refractivity contribution in [3.63, 3.8) is 0 Å². The molecule has 0 aromatic carbocycles. The molecule has 0 aromatic heterocycles. The molecule has 0 aromatic rings. The number of hydrogen-bond donors (Lipinski definition) is 0.